The van der Waals surface area contributed by atoms with Crippen molar-refractivity contribution in [3.63, 3.8) is 0 Å². The first-order valence-corrected chi connectivity index (χ1v) is 10.9. The van der Waals surface area contributed by atoms with Crippen molar-refractivity contribution < 1.29 is 14.3 Å². The summed E-state index contributed by atoms with van der Waals surface area (Å²) in [5.41, 5.74) is 4.50. The number of carbonyl (C=O) groups excluding carboxylic acids is 2. The van der Waals surface area contributed by atoms with Crippen LogP contribution < -0.4 is 15.5 Å². The van der Waals surface area contributed by atoms with Gasteiger partial charge < -0.3 is 10.1 Å². The lowest BCUT2D eigenvalue weighted by molar-refractivity contribution is -0.121. The fraction of sp³-hybridized carbons (Fsp3) is 0.115. The van der Waals surface area contributed by atoms with Crippen LogP contribution in [0.5, 0.6) is 5.75 Å². The number of ether oxygens (including phenoxy) is 1. The minimum Gasteiger partial charge on any atom is -0.480 e. The molecule has 0 heterocycles. The van der Waals surface area contributed by atoms with Crippen molar-refractivity contribution in [3.05, 3.63) is 100 Å². The maximum absolute atomic E-state index is 12.7. The zero-order valence-corrected chi connectivity index (χ0v) is 19.3. The molecule has 166 valence electrons. The zero-order chi connectivity index (χ0) is 23.5. The van der Waals surface area contributed by atoms with Crippen molar-refractivity contribution in [2.45, 2.75) is 12.5 Å². The van der Waals surface area contributed by atoms with Crippen molar-refractivity contribution in [3.8, 4) is 18.1 Å². The standard InChI is InChI=1S/C26H22BrN3O3/c1-2-15-33-24-14-13-22(27)16-21(24)18-28-30-25(31)17-23(19-9-5-3-6-10-19)29-26(32)20-11-7-4-8-12-20/h1,3-14,16,18,23H,15,17H2,(H,29,32)(H,30,31)/b28-18-/t23-/m1/s1. The minimum absolute atomic E-state index is 0.0128. The van der Waals surface area contributed by atoms with Crippen LogP contribution in [0.1, 0.15) is 33.9 Å². The van der Waals surface area contributed by atoms with Gasteiger partial charge in [-0.05, 0) is 35.9 Å². The van der Waals surface area contributed by atoms with Crippen LogP contribution in [0.25, 0.3) is 0 Å². The SMILES string of the molecule is C#CCOc1ccc(Br)cc1/C=N\NC(=O)C[C@@H](NC(=O)c1ccccc1)c1ccccc1. The van der Waals surface area contributed by atoms with E-state index in [9.17, 15) is 9.59 Å². The summed E-state index contributed by atoms with van der Waals surface area (Å²) in [5, 5.41) is 6.98. The van der Waals surface area contributed by atoms with E-state index in [1.165, 1.54) is 6.21 Å². The molecule has 2 amide bonds. The van der Waals surface area contributed by atoms with Gasteiger partial charge in [0, 0.05) is 15.6 Å². The molecule has 0 aliphatic carbocycles. The molecule has 0 aromatic heterocycles. The van der Waals surface area contributed by atoms with Gasteiger partial charge in [-0.15, -0.1) is 6.42 Å². The number of halogens is 1. The van der Waals surface area contributed by atoms with Gasteiger partial charge in [-0.1, -0.05) is 70.4 Å². The van der Waals surface area contributed by atoms with Gasteiger partial charge in [0.05, 0.1) is 18.7 Å². The second kappa shape index (κ2) is 12.2. The second-order valence-corrected chi connectivity index (χ2v) is 7.89. The summed E-state index contributed by atoms with van der Waals surface area (Å²) in [5.74, 6) is 2.35. The molecule has 0 saturated carbocycles. The third kappa shape index (κ3) is 7.34. The van der Waals surface area contributed by atoms with E-state index in [0.29, 0.717) is 16.9 Å². The van der Waals surface area contributed by atoms with E-state index in [4.69, 9.17) is 11.2 Å². The molecule has 0 fully saturated rings. The monoisotopic (exact) mass is 503 g/mol. The van der Waals surface area contributed by atoms with Gasteiger partial charge in [-0.3, -0.25) is 9.59 Å². The molecule has 1 atom stereocenters. The molecule has 0 radical (unpaired) electrons. The van der Waals surface area contributed by atoms with Gasteiger partial charge in [0.2, 0.25) is 5.91 Å². The summed E-state index contributed by atoms with van der Waals surface area (Å²) < 4.78 is 6.33. The molecule has 3 rings (SSSR count). The summed E-state index contributed by atoms with van der Waals surface area (Å²) in [4.78, 5) is 25.3. The molecule has 3 aromatic carbocycles. The lowest BCUT2D eigenvalue weighted by Gasteiger charge is -2.18. The molecule has 0 saturated heterocycles. The average Bonchev–Trinajstić information content (AvgIpc) is 2.84. The van der Waals surface area contributed by atoms with Crippen LogP contribution in [0.4, 0.5) is 0 Å². The zero-order valence-electron chi connectivity index (χ0n) is 17.7. The molecule has 0 aliphatic rings. The van der Waals surface area contributed by atoms with Crippen LogP contribution in [-0.2, 0) is 4.79 Å². The van der Waals surface area contributed by atoms with Crippen LogP contribution in [0.15, 0.2) is 88.4 Å². The first kappa shape index (κ1) is 23.8. The molecule has 6 nitrogen and oxygen atoms in total. The number of nitrogens with zero attached hydrogens (tertiary/aromatic N) is 1. The topological polar surface area (TPSA) is 79.8 Å². The lowest BCUT2D eigenvalue weighted by Crippen LogP contribution is -2.32. The lowest BCUT2D eigenvalue weighted by atomic mass is 10.0. The van der Waals surface area contributed by atoms with E-state index in [-0.39, 0.29) is 24.8 Å². The average molecular weight is 504 g/mol. The van der Waals surface area contributed by atoms with Crippen molar-refractivity contribution in [2.75, 3.05) is 6.61 Å². The van der Waals surface area contributed by atoms with Crippen molar-refractivity contribution in [2.24, 2.45) is 5.10 Å². The summed E-state index contributed by atoms with van der Waals surface area (Å²) in [6, 6.07) is 23.0. The summed E-state index contributed by atoms with van der Waals surface area (Å²) in [7, 11) is 0. The summed E-state index contributed by atoms with van der Waals surface area (Å²) >= 11 is 3.40. The predicted molar refractivity (Wildman–Crippen MR) is 132 cm³/mol. The Balaban J connectivity index is 1.68. The molecular weight excluding hydrogens is 482 g/mol. The van der Waals surface area contributed by atoms with Gasteiger partial charge in [-0.25, -0.2) is 5.43 Å². The van der Waals surface area contributed by atoms with Gasteiger partial charge in [-0.2, -0.15) is 5.10 Å². The third-order valence-corrected chi connectivity index (χ3v) is 5.10. The number of benzene rings is 3. The van der Waals surface area contributed by atoms with Crippen molar-refractivity contribution >= 4 is 34.0 Å². The van der Waals surface area contributed by atoms with Crippen LogP contribution in [-0.4, -0.2) is 24.6 Å². The first-order valence-electron chi connectivity index (χ1n) is 10.2. The van der Waals surface area contributed by atoms with Crippen LogP contribution >= 0.6 is 15.9 Å². The predicted octanol–water partition coefficient (Wildman–Crippen LogP) is 4.47. The fourth-order valence-corrected chi connectivity index (χ4v) is 3.42. The molecule has 0 unspecified atom stereocenters. The molecule has 2 N–H and O–H groups in total. The highest BCUT2D eigenvalue weighted by Gasteiger charge is 2.19. The molecule has 7 heteroatoms. The Bertz CT molecular complexity index is 1160. The Morgan fingerprint density at radius 2 is 1.76 bits per heavy atom. The Labute approximate surface area is 201 Å². The van der Waals surface area contributed by atoms with Crippen LogP contribution in [0.3, 0.4) is 0 Å². The second-order valence-electron chi connectivity index (χ2n) is 6.98. The fourth-order valence-electron chi connectivity index (χ4n) is 3.04. The van der Waals surface area contributed by atoms with Gasteiger partial charge in [0.1, 0.15) is 12.4 Å². The third-order valence-electron chi connectivity index (χ3n) is 4.61. The van der Waals surface area contributed by atoms with Crippen LogP contribution in [0, 0.1) is 12.3 Å². The van der Waals surface area contributed by atoms with E-state index in [1.807, 2.05) is 42.5 Å². The van der Waals surface area contributed by atoms with Crippen LogP contribution in [0.2, 0.25) is 0 Å². The largest absolute Gasteiger partial charge is 0.480 e. The number of amides is 2. The number of rotatable bonds is 9. The molecule has 0 bridgehead atoms. The van der Waals surface area contributed by atoms with E-state index < -0.39 is 6.04 Å². The Kier molecular flexibility index (Phi) is 8.80. The highest BCUT2D eigenvalue weighted by atomic mass is 79.9. The molecular formula is C26H22BrN3O3. The number of nitrogens with one attached hydrogen (secondary N) is 2. The van der Waals surface area contributed by atoms with Gasteiger partial charge >= 0.3 is 0 Å². The number of hydrazone groups is 1. The van der Waals surface area contributed by atoms with E-state index in [1.54, 1.807) is 36.4 Å². The highest BCUT2D eigenvalue weighted by Crippen LogP contribution is 2.22. The normalized spacial score (nSPS) is 11.4. The highest BCUT2D eigenvalue weighted by molar-refractivity contribution is 9.10. The van der Waals surface area contributed by atoms with E-state index in [0.717, 1.165) is 10.0 Å². The molecule has 0 aliphatic heterocycles. The van der Waals surface area contributed by atoms with E-state index >= 15 is 0 Å². The van der Waals surface area contributed by atoms with Crippen molar-refractivity contribution in [1.29, 1.82) is 0 Å². The number of hydrogen-bond donors (Lipinski definition) is 2. The molecule has 3 aromatic rings. The number of terminal acetylenes is 1. The first-order chi connectivity index (χ1) is 16.1. The quantitative estimate of drug-likeness (QED) is 0.256. The Hall–Kier alpha value is -3.89. The maximum atomic E-state index is 12.7. The minimum atomic E-state index is -0.519. The molecule has 33 heavy (non-hydrogen) atoms. The van der Waals surface area contributed by atoms with Gasteiger partial charge in [0.15, 0.2) is 0 Å². The summed E-state index contributed by atoms with van der Waals surface area (Å²) in [6.07, 6.45) is 6.75. The van der Waals surface area contributed by atoms with Gasteiger partial charge in [0.25, 0.3) is 5.91 Å². The molecule has 0 spiro atoms. The Morgan fingerprint density at radius 1 is 1.06 bits per heavy atom. The number of hydrogen-bond acceptors (Lipinski definition) is 4. The van der Waals surface area contributed by atoms with Crippen molar-refractivity contribution in [1.82, 2.24) is 10.7 Å². The maximum Gasteiger partial charge on any atom is 0.251 e. The smallest absolute Gasteiger partial charge is 0.251 e. The Morgan fingerprint density at radius 3 is 2.45 bits per heavy atom. The number of carbonyl (C=O) groups is 2. The summed E-state index contributed by atoms with van der Waals surface area (Å²) in [6.45, 7) is 0.120. The van der Waals surface area contributed by atoms with E-state index in [2.05, 4.69) is 37.7 Å².